The summed E-state index contributed by atoms with van der Waals surface area (Å²) < 4.78 is 5.48. The molecule has 156 valence electrons. The lowest BCUT2D eigenvalue weighted by molar-refractivity contribution is 0.400. The molecular weight excluding hydrogens is 378 g/mol. The van der Waals surface area contributed by atoms with Crippen LogP contribution in [-0.4, -0.2) is 40.4 Å². The summed E-state index contributed by atoms with van der Waals surface area (Å²) in [4.78, 5) is 21.1. The molecule has 3 heterocycles. The van der Waals surface area contributed by atoms with Gasteiger partial charge in [0.25, 0.3) is 0 Å². The molecule has 30 heavy (non-hydrogen) atoms. The zero-order valence-corrected chi connectivity index (χ0v) is 17.5. The van der Waals surface area contributed by atoms with Crippen molar-refractivity contribution in [3.8, 4) is 28.4 Å². The van der Waals surface area contributed by atoms with Gasteiger partial charge >= 0.3 is 0 Å². The van der Waals surface area contributed by atoms with E-state index < -0.39 is 0 Å². The van der Waals surface area contributed by atoms with Crippen molar-refractivity contribution >= 4 is 5.82 Å². The van der Waals surface area contributed by atoms with E-state index in [0.29, 0.717) is 23.3 Å². The van der Waals surface area contributed by atoms with Crippen molar-refractivity contribution in [3.63, 3.8) is 0 Å². The second-order valence-electron chi connectivity index (χ2n) is 7.73. The van der Waals surface area contributed by atoms with Crippen LogP contribution in [0.15, 0.2) is 47.4 Å². The number of anilines is 1. The quantitative estimate of drug-likeness (QED) is 0.645. The van der Waals surface area contributed by atoms with E-state index in [2.05, 4.69) is 32.1 Å². The van der Waals surface area contributed by atoms with Crippen molar-refractivity contribution in [2.45, 2.75) is 44.6 Å². The Balaban J connectivity index is 1.57. The Kier molecular flexibility index (Phi) is 6.07. The number of hydrogen-bond acceptors (Lipinski definition) is 6. The van der Waals surface area contributed by atoms with Crippen molar-refractivity contribution in [1.29, 1.82) is 0 Å². The van der Waals surface area contributed by atoms with Crippen molar-refractivity contribution in [2.75, 3.05) is 19.1 Å². The molecule has 0 bridgehead atoms. The molecule has 3 aromatic rings. The fourth-order valence-electron chi connectivity index (χ4n) is 4.05. The number of nitrogens with one attached hydrogen (secondary N) is 1. The van der Waals surface area contributed by atoms with Crippen LogP contribution in [0.3, 0.4) is 0 Å². The smallest absolute Gasteiger partial charge is 0.248 e. The Morgan fingerprint density at radius 1 is 1.00 bits per heavy atom. The summed E-state index contributed by atoms with van der Waals surface area (Å²) in [5, 5.41) is 8.87. The number of H-pyrrole nitrogens is 1. The fraction of sp³-hybridized carbons (Fsp3) is 0.391. The molecule has 0 aliphatic heterocycles. The lowest BCUT2D eigenvalue weighted by atomic mass is 10.1. The SMILES string of the molecule is COc1nc(-c2ccc(N(C)C3CCCCCC3)nn2)ccc1-c1cc[nH]c(=O)c1. The maximum atomic E-state index is 11.6. The van der Waals surface area contributed by atoms with Crippen LogP contribution >= 0.6 is 0 Å². The average molecular weight is 406 g/mol. The molecule has 0 spiro atoms. The second kappa shape index (κ2) is 9.07. The van der Waals surface area contributed by atoms with Crippen molar-refractivity contribution in [2.24, 2.45) is 0 Å². The van der Waals surface area contributed by atoms with Crippen LogP contribution in [-0.2, 0) is 0 Å². The number of aromatic amines is 1. The summed E-state index contributed by atoms with van der Waals surface area (Å²) >= 11 is 0. The third-order valence-corrected chi connectivity index (χ3v) is 5.79. The first kappa shape index (κ1) is 20.1. The van der Waals surface area contributed by atoms with E-state index in [-0.39, 0.29) is 5.56 Å². The van der Waals surface area contributed by atoms with E-state index in [4.69, 9.17) is 4.74 Å². The van der Waals surface area contributed by atoms with Crippen LogP contribution < -0.4 is 15.2 Å². The fourth-order valence-corrected chi connectivity index (χ4v) is 4.05. The number of aromatic nitrogens is 4. The Hall–Kier alpha value is -3.22. The van der Waals surface area contributed by atoms with E-state index in [9.17, 15) is 4.79 Å². The number of pyridine rings is 2. The molecule has 7 heteroatoms. The minimum absolute atomic E-state index is 0.169. The first-order chi connectivity index (χ1) is 14.7. The van der Waals surface area contributed by atoms with Gasteiger partial charge in [0.05, 0.1) is 12.8 Å². The van der Waals surface area contributed by atoms with Gasteiger partial charge in [-0.3, -0.25) is 4.79 Å². The standard InChI is InChI=1S/C23H27N5O2/c1-28(17-7-5-3-4-6-8-17)21-12-11-20(26-27-21)19-10-9-18(23(25-19)30-2)16-13-14-24-22(29)15-16/h9-15,17H,3-8H2,1-2H3,(H,24,29). The van der Waals surface area contributed by atoms with Gasteiger partial charge in [0.1, 0.15) is 5.69 Å². The molecule has 3 aromatic heterocycles. The lowest BCUT2D eigenvalue weighted by Crippen LogP contribution is -2.31. The highest BCUT2D eigenvalue weighted by Crippen LogP contribution is 2.30. The minimum Gasteiger partial charge on any atom is -0.481 e. The monoisotopic (exact) mass is 405 g/mol. The molecule has 4 rings (SSSR count). The number of rotatable bonds is 5. The third-order valence-electron chi connectivity index (χ3n) is 5.79. The Labute approximate surface area is 176 Å². The molecule has 0 saturated heterocycles. The molecule has 1 saturated carbocycles. The summed E-state index contributed by atoms with van der Waals surface area (Å²) in [7, 11) is 3.68. The van der Waals surface area contributed by atoms with E-state index >= 15 is 0 Å². The van der Waals surface area contributed by atoms with Gasteiger partial charge in [-0.15, -0.1) is 10.2 Å². The largest absolute Gasteiger partial charge is 0.481 e. The molecule has 0 unspecified atom stereocenters. The van der Waals surface area contributed by atoms with E-state index in [0.717, 1.165) is 16.9 Å². The Morgan fingerprint density at radius 3 is 2.43 bits per heavy atom. The zero-order chi connectivity index (χ0) is 20.9. The average Bonchev–Trinajstić information content (AvgIpc) is 3.08. The first-order valence-corrected chi connectivity index (χ1v) is 10.5. The zero-order valence-electron chi connectivity index (χ0n) is 17.5. The van der Waals surface area contributed by atoms with Gasteiger partial charge in [-0.05, 0) is 48.7 Å². The normalized spacial score (nSPS) is 14.9. The van der Waals surface area contributed by atoms with Crippen molar-refractivity contribution < 1.29 is 4.74 Å². The van der Waals surface area contributed by atoms with Gasteiger partial charge in [0.15, 0.2) is 5.82 Å². The van der Waals surface area contributed by atoms with Gasteiger partial charge in [-0.1, -0.05) is 25.7 Å². The highest BCUT2D eigenvalue weighted by atomic mass is 16.5. The predicted octanol–water partition coefficient (Wildman–Crippen LogP) is 4.06. The van der Waals surface area contributed by atoms with E-state index in [1.165, 1.54) is 44.6 Å². The summed E-state index contributed by atoms with van der Waals surface area (Å²) in [6.45, 7) is 0. The molecule has 1 N–H and O–H groups in total. The van der Waals surface area contributed by atoms with E-state index in [1.54, 1.807) is 13.3 Å². The topological polar surface area (TPSA) is 84.0 Å². The van der Waals surface area contributed by atoms with Gasteiger partial charge in [-0.25, -0.2) is 4.98 Å². The van der Waals surface area contributed by atoms with Gasteiger partial charge in [0.2, 0.25) is 11.4 Å². The van der Waals surface area contributed by atoms with Crippen molar-refractivity contribution in [1.82, 2.24) is 20.2 Å². The lowest BCUT2D eigenvalue weighted by Gasteiger charge is -2.27. The van der Waals surface area contributed by atoms with E-state index in [1.807, 2.05) is 30.3 Å². The number of hydrogen-bond donors (Lipinski definition) is 1. The molecule has 1 aliphatic rings. The molecule has 1 fully saturated rings. The maximum Gasteiger partial charge on any atom is 0.248 e. The highest BCUT2D eigenvalue weighted by Gasteiger charge is 2.19. The van der Waals surface area contributed by atoms with Crippen molar-refractivity contribution in [3.05, 3.63) is 52.9 Å². The van der Waals surface area contributed by atoms with Crippen LogP contribution in [0.4, 0.5) is 5.82 Å². The number of methoxy groups -OCH3 is 1. The highest BCUT2D eigenvalue weighted by molar-refractivity contribution is 5.71. The first-order valence-electron chi connectivity index (χ1n) is 10.5. The maximum absolute atomic E-state index is 11.6. The predicted molar refractivity (Wildman–Crippen MR) is 118 cm³/mol. The Morgan fingerprint density at radius 2 is 1.77 bits per heavy atom. The van der Waals surface area contributed by atoms with Gasteiger partial charge in [0, 0.05) is 30.9 Å². The summed E-state index contributed by atoms with van der Waals surface area (Å²) in [6, 6.07) is 11.6. The van der Waals surface area contributed by atoms with Gasteiger partial charge in [-0.2, -0.15) is 0 Å². The molecule has 0 radical (unpaired) electrons. The Bertz CT molecular complexity index is 1040. The van der Waals surface area contributed by atoms with Crippen LogP contribution in [0.2, 0.25) is 0 Å². The molecule has 0 aromatic carbocycles. The van der Waals surface area contributed by atoms with Gasteiger partial charge < -0.3 is 14.6 Å². The molecule has 0 amide bonds. The van der Waals surface area contributed by atoms with Crippen LogP contribution in [0.5, 0.6) is 5.88 Å². The van der Waals surface area contributed by atoms with Crippen LogP contribution in [0, 0.1) is 0 Å². The second-order valence-corrected chi connectivity index (χ2v) is 7.73. The molecule has 7 nitrogen and oxygen atoms in total. The summed E-state index contributed by atoms with van der Waals surface area (Å²) in [6.07, 6.45) is 9.25. The molecular formula is C23H27N5O2. The minimum atomic E-state index is -0.169. The molecule has 1 aliphatic carbocycles. The number of nitrogens with zero attached hydrogens (tertiary/aromatic N) is 4. The molecule has 0 atom stereocenters. The summed E-state index contributed by atoms with van der Waals surface area (Å²) in [5.41, 5.74) is 2.70. The summed E-state index contributed by atoms with van der Waals surface area (Å²) in [5.74, 6) is 1.33. The van der Waals surface area contributed by atoms with Crippen LogP contribution in [0.25, 0.3) is 22.5 Å². The third kappa shape index (κ3) is 4.35. The van der Waals surface area contributed by atoms with Crippen LogP contribution in [0.1, 0.15) is 38.5 Å². The number of ether oxygens (including phenoxy) is 1.